The SMILES string of the molecule is C=Cc1cccc(COCC)c1. The monoisotopic (exact) mass is 162 g/mol. The summed E-state index contributed by atoms with van der Waals surface area (Å²) in [5.74, 6) is 0. The molecular weight excluding hydrogens is 148 g/mol. The standard InChI is InChI=1S/C11H14O/c1-3-10-6-5-7-11(8-10)9-12-4-2/h3,5-8H,1,4,9H2,2H3. The number of hydrogen-bond donors (Lipinski definition) is 0. The highest BCUT2D eigenvalue weighted by molar-refractivity contribution is 5.47. The van der Waals surface area contributed by atoms with Crippen LogP contribution in [0.2, 0.25) is 0 Å². The third kappa shape index (κ3) is 2.51. The van der Waals surface area contributed by atoms with Crippen LogP contribution < -0.4 is 0 Å². The first-order chi connectivity index (χ1) is 5.86. The fourth-order valence-corrected chi connectivity index (χ4v) is 1.03. The van der Waals surface area contributed by atoms with Gasteiger partial charge in [0.2, 0.25) is 0 Å². The van der Waals surface area contributed by atoms with Gasteiger partial charge in [-0.3, -0.25) is 0 Å². The second-order valence-electron chi connectivity index (χ2n) is 2.59. The molecule has 1 rings (SSSR count). The number of rotatable bonds is 4. The molecule has 0 unspecified atom stereocenters. The molecular formula is C11H14O. The van der Waals surface area contributed by atoms with E-state index in [1.165, 1.54) is 5.56 Å². The van der Waals surface area contributed by atoms with E-state index in [0.29, 0.717) is 6.61 Å². The Bertz CT molecular complexity index is 253. The lowest BCUT2D eigenvalue weighted by Crippen LogP contribution is -1.91. The molecule has 0 amide bonds. The third-order valence-electron chi connectivity index (χ3n) is 1.66. The molecule has 0 spiro atoms. The molecule has 1 nitrogen and oxygen atoms in total. The van der Waals surface area contributed by atoms with Crippen molar-refractivity contribution in [1.29, 1.82) is 0 Å². The Kier molecular flexibility index (Phi) is 3.55. The molecule has 0 bridgehead atoms. The Balaban J connectivity index is 2.66. The number of hydrogen-bond acceptors (Lipinski definition) is 1. The molecule has 1 aromatic carbocycles. The van der Waals surface area contributed by atoms with E-state index in [2.05, 4.69) is 18.7 Å². The fraction of sp³-hybridized carbons (Fsp3) is 0.273. The first kappa shape index (κ1) is 9.01. The van der Waals surface area contributed by atoms with Crippen molar-refractivity contribution >= 4 is 6.08 Å². The molecule has 0 radical (unpaired) electrons. The minimum absolute atomic E-state index is 0.693. The summed E-state index contributed by atoms with van der Waals surface area (Å²) in [5, 5.41) is 0. The van der Waals surface area contributed by atoms with Crippen molar-refractivity contribution < 1.29 is 4.74 Å². The molecule has 1 heteroatoms. The van der Waals surface area contributed by atoms with Gasteiger partial charge in [0.25, 0.3) is 0 Å². The zero-order valence-corrected chi connectivity index (χ0v) is 7.42. The van der Waals surface area contributed by atoms with Crippen LogP contribution in [-0.4, -0.2) is 6.61 Å². The second kappa shape index (κ2) is 4.73. The van der Waals surface area contributed by atoms with Crippen LogP contribution >= 0.6 is 0 Å². The highest BCUT2D eigenvalue weighted by Gasteiger charge is 1.91. The molecule has 0 aliphatic carbocycles. The minimum atomic E-state index is 0.693. The van der Waals surface area contributed by atoms with Crippen LogP contribution in [0, 0.1) is 0 Å². The van der Waals surface area contributed by atoms with Crippen LogP contribution in [0.1, 0.15) is 18.1 Å². The molecule has 1 aromatic rings. The average Bonchev–Trinajstić information content (AvgIpc) is 2.15. The Morgan fingerprint density at radius 2 is 2.33 bits per heavy atom. The van der Waals surface area contributed by atoms with Crippen molar-refractivity contribution in [2.45, 2.75) is 13.5 Å². The summed E-state index contributed by atoms with van der Waals surface area (Å²) < 4.78 is 5.28. The molecule has 0 saturated heterocycles. The Morgan fingerprint density at radius 3 is 3.00 bits per heavy atom. The van der Waals surface area contributed by atoms with Crippen molar-refractivity contribution in [2.75, 3.05) is 6.61 Å². The summed E-state index contributed by atoms with van der Waals surface area (Å²) in [5.41, 5.74) is 2.35. The predicted molar refractivity (Wildman–Crippen MR) is 51.9 cm³/mol. The van der Waals surface area contributed by atoms with Gasteiger partial charge in [0.1, 0.15) is 0 Å². The van der Waals surface area contributed by atoms with E-state index in [-0.39, 0.29) is 0 Å². The summed E-state index contributed by atoms with van der Waals surface area (Å²) in [6, 6.07) is 8.19. The lowest BCUT2D eigenvalue weighted by Gasteiger charge is -2.01. The summed E-state index contributed by atoms with van der Waals surface area (Å²) in [6.45, 7) is 7.16. The maximum atomic E-state index is 5.28. The molecule has 0 saturated carbocycles. The van der Waals surface area contributed by atoms with Gasteiger partial charge < -0.3 is 4.74 Å². The topological polar surface area (TPSA) is 9.23 Å². The zero-order chi connectivity index (χ0) is 8.81. The summed E-state index contributed by atoms with van der Waals surface area (Å²) in [7, 11) is 0. The molecule has 64 valence electrons. The Hall–Kier alpha value is -1.08. The third-order valence-corrected chi connectivity index (χ3v) is 1.66. The van der Waals surface area contributed by atoms with E-state index in [9.17, 15) is 0 Å². The first-order valence-electron chi connectivity index (χ1n) is 4.16. The predicted octanol–water partition coefficient (Wildman–Crippen LogP) is 2.87. The molecule has 0 heterocycles. The minimum Gasteiger partial charge on any atom is -0.377 e. The van der Waals surface area contributed by atoms with Crippen LogP contribution in [-0.2, 0) is 11.3 Å². The molecule has 0 N–H and O–H groups in total. The van der Waals surface area contributed by atoms with E-state index < -0.39 is 0 Å². The van der Waals surface area contributed by atoms with Gasteiger partial charge in [-0.05, 0) is 24.1 Å². The van der Waals surface area contributed by atoms with E-state index in [1.54, 1.807) is 0 Å². The average molecular weight is 162 g/mol. The highest BCUT2D eigenvalue weighted by Crippen LogP contribution is 2.07. The second-order valence-corrected chi connectivity index (χ2v) is 2.59. The zero-order valence-electron chi connectivity index (χ0n) is 7.42. The van der Waals surface area contributed by atoms with Gasteiger partial charge in [0, 0.05) is 6.61 Å². The lowest BCUT2D eigenvalue weighted by atomic mass is 10.1. The molecule has 0 fully saturated rings. The summed E-state index contributed by atoms with van der Waals surface area (Å²) in [6.07, 6.45) is 1.84. The Morgan fingerprint density at radius 1 is 1.50 bits per heavy atom. The van der Waals surface area contributed by atoms with E-state index in [0.717, 1.165) is 12.2 Å². The van der Waals surface area contributed by atoms with Crippen LogP contribution in [0.15, 0.2) is 30.8 Å². The van der Waals surface area contributed by atoms with Gasteiger partial charge in [0.05, 0.1) is 6.61 Å². The normalized spacial score (nSPS) is 9.75. The summed E-state index contributed by atoms with van der Waals surface area (Å²) in [4.78, 5) is 0. The van der Waals surface area contributed by atoms with Gasteiger partial charge in [-0.1, -0.05) is 30.9 Å². The van der Waals surface area contributed by atoms with Gasteiger partial charge in [-0.25, -0.2) is 0 Å². The number of ether oxygens (including phenoxy) is 1. The maximum absolute atomic E-state index is 5.28. The molecule has 0 aliphatic rings. The largest absolute Gasteiger partial charge is 0.377 e. The van der Waals surface area contributed by atoms with Crippen molar-refractivity contribution in [3.63, 3.8) is 0 Å². The maximum Gasteiger partial charge on any atom is 0.0716 e. The smallest absolute Gasteiger partial charge is 0.0716 e. The molecule has 12 heavy (non-hydrogen) atoms. The van der Waals surface area contributed by atoms with E-state index in [1.807, 2.05) is 25.1 Å². The molecule has 0 aliphatic heterocycles. The van der Waals surface area contributed by atoms with Crippen LogP contribution in [0.4, 0.5) is 0 Å². The van der Waals surface area contributed by atoms with Crippen molar-refractivity contribution in [3.8, 4) is 0 Å². The fourth-order valence-electron chi connectivity index (χ4n) is 1.03. The van der Waals surface area contributed by atoms with Gasteiger partial charge >= 0.3 is 0 Å². The van der Waals surface area contributed by atoms with Gasteiger partial charge in [0.15, 0.2) is 0 Å². The Labute approximate surface area is 73.7 Å². The molecule has 0 atom stereocenters. The quantitative estimate of drug-likeness (QED) is 0.661. The van der Waals surface area contributed by atoms with Crippen LogP contribution in [0.25, 0.3) is 6.08 Å². The first-order valence-corrected chi connectivity index (χ1v) is 4.16. The van der Waals surface area contributed by atoms with Crippen molar-refractivity contribution in [1.82, 2.24) is 0 Å². The van der Waals surface area contributed by atoms with Gasteiger partial charge in [-0.2, -0.15) is 0 Å². The lowest BCUT2D eigenvalue weighted by molar-refractivity contribution is 0.134. The van der Waals surface area contributed by atoms with Crippen molar-refractivity contribution in [3.05, 3.63) is 42.0 Å². The van der Waals surface area contributed by atoms with E-state index >= 15 is 0 Å². The van der Waals surface area contributed by atoms with Gasteiger partial charge in [-0.15, -0.1) is 0 Å². The molecule has 0 aromatic heterocycles. The van der Waals surface area contributed by atoms with Crippen LogP contribution in [0.3, 0.4) is 0 Å². The van der Waals surface area contributed by atoms with Crippen molar-refractivity contribution in [2.24, 2.45) is 0 Å². The summed E-state index contributed by atoms with van der Waals surface area (Å²) >= 11 is 0. The van der Waals surface area contributed by atoms with Crippen LogP contribution in [0.5, 0.6) is 0 Å². The van der Waals surface area contributed by atoms with E-state index in [4.69, 9.17) is 4.74 Å². The number of benzene rings is 1. The highest BCUT2D eigenvalue weighted by atomic mass is 16.5.